The summed E-state index contributed by atoms with van der Waals surface area (Å²) in [6.07, 6.45) is 4.54. The van der Waals surface area contributed by atoms with Gasteiger partial charge in [-0.3, -0.25) is 14.5 Å². The highest BCUT2D eigenvalue weighted by molar-refractivity contribution is 6.30. The summed E-state index contributed by atoms with van der Waals surface area (Å²) >= 11 is 6.00. The largest absolute Gasteiger partial charge is 0.467 e. The zero-order valence-electron chi connectivity index (χ0n) is 18.7. The number of furan rings is 1. The molecule has 0 spiro atoms. The van der Waals surface area contributed by atoms with E-state index in [0.29, 0.717) is 35.8 Å². The maximum absolute atomic E-state index is 13.3. The first-order valence-electron chi connectivity index (χ1n) is 11.2. The smallest absolute Gasteiger partial charge is 0.325 e. The molecule has 4 amide bonds. The van der Waals surface area contributed by atoms with Crippen LogP contribution >= 0.6 is 11.6 Å². The second-order valence-corrected chi connectivity index (χ2v) is 8.87. The topological polar surface area (TPSA) is 95.2 Å². The maximum atomic E-state index is 13.3. The average molecular weight is 471 g/mol. The van der Waals surface area contributed by atoms with Crippen LogP contribution in [0.25, 0.3) is 0 Å². The van der Waals surface area contributed by atoms with Gasteiger partial charge in [0.05, 0.1) is 12.0 Å². The molecule has 1 aromatic carbocycles. The van der Waals surface area contributed by atoms with Crippen LogP contribution < -0.4 is 5.32 Å². The van der Waals surface area contributed by atoms with Crippen LogP contribution in [0.15, 0.2) is 52.2 Å². The summed E-state index contributed by atoms with van der Waals surface area (Å²) in [5.41, 5.74) is 0.598. The Balaban J connectivity index is 1.59. The lowest BCUT2D eigenvalue weighted by Gasteiger charge is -2.26. The minimum Gasteiger partial charge on any atom is -0.467 e. The number of halogens is 1. The predicted octanol–water partition coefficient (Wildman–Crippen LogP) is 4.50. The van der Waals surface area contributed by atoms with Gasteiger partial charge in [0.2, 0.25) is 0 Å². The van der Waals surface area contributed by atoms with Crippen molar-refractivity contribution in [1.29, 1.82) is 0 Å². The third-order valence-corrected chi connectivity index (χ3v) is 6.36. The molecule has 3 heterocycles. The predicted molar refractivity (Wildman–Crippen MR) is 124 cm³/mol. The highest BCUT2D eigenvalue weighted by Gasteiger charge is 2.51. The number of benzene rings is 1. The van der Waals surface area contributed by atoms with Gasteiger partial charge in [-0.15, -0.1) is 0 Å². The van der Waals surface area contributed by atoms with Gasteiger partial charge < -0.3 is 9.73 Å². The molecule has 2 aromatic rings. The van der Waals surface area contributed by atoms with E-state index in [2.05, 4.69) is 10.4 Å². The first-order valence-corrected chi connectivity index (χ1v) is 11.6. The number of amides is 4. The Bertz CT molecular complexity index is 1060. The second-order valence-electron chi connectivity index (χ2n) is 8.43. The van der Waals surface area contributed by atoms with Crippen LogP contribution in [0.3, 0.4) is 0 Å². The maximum Gasteiger partial charge on any atom is 0.325 e. The molecule has 9 heteroatoms. The van der Waals surface area contributed by atoms with Crippen LogP contribution in [0.2, 0.25) is 5.02 Å². The lowest BCUT2D eigenvalue weighted by atomic mass is 9.88. The third kappa shape index (κ3) is 4.39. The number of hydrogen-bond acceptors (Lipinski definition) is 5. The SMILES string of the molecule is CCCC1(CCC)NC(=O)N(CC(=O)N2N=C(c3ccc(Cl)cc3)CC2c2ccco2)C1=O. The number of carbonyl (C=O) groups excluding carboxylic acids is 3. The van der Waals surface area contributed by atoms with Crippen LogP contribution in [0.1, 0.15) is 63.3 Å². The summed E-state index contributed by atoms with van der Waals surface area (Å²) in [5.74, 6) is -0.215. The molecule has 2 aliphatic heterocycles. The van der Waals surface area contributed by atoms with Crippen molar-refractivity contribution >= 4 is 35.2 Å². The van der Waals surface area contributed by atoms with Gasteiger partial charge in [0, 0.05) is 11.4 Å². The first-order chi connectivity index (χ1) is 15.9. The Morgan fingerprint density at radius 1 is 1.18 bits per heavy atom. The number of imide groups is 1. The molecule has 33 heavy (non-hydrogen) atoms. The third-order valence-electron chi connectivity index (χ3n) is 6.11. The van der Waals surface area contributed by atoms with Gasteiger partial charge in [-0.2, -0.15) is 5.10 Å². The Morgan fingerprint density at radius 3 is 2.48 bits per heavy atom. The molecule has 2 aliphatic rings. The second kappa shape index (κ2) is 9.39. The number of nitrogens with zero attached hydrogens (tertiary/aromatic N) is 3. The van der Waals surface area contributed by atoms with Crippen LogP contribution in [-0.2, 0) is 9.59 Å². The van der Waals surface area contributed by atoms with Crippen molar-refractivity contribution in [1.82, 2.24) is 15.2 Å². The van der Waals surface area contributed by atoms with Crippen molar-refractivity contribution in [3.05, 3.63) is 59.0 Å². The molecule has 0 aliphatic carbocycles. The van der Waals surface area contributed by atoms with E-state index >= 15 is 0 Å². The van der Waals surface area contributed by atoms with Crippen molar-refractivity contribution in [2.75, 3.05) is 6.54 Å². The fraction of sp³-hybridized carbons (Fsp3) is 0.417. The molecular weight excluding hydrogens is 444 g/mol. The number of carbonyl (C=O) groups is 3. The molecule has 1 atom stereocenters. The van der Waals surface area contributed by atoms with Crippen molar-refractivity contribution in [2.45, 2.75) is 57.5 Å². The highest BCUT2D eigenvalue weighted by atomic mass is 35.5. The molecule has 174 valence electrons. The van der Waals surface area contributed by atoms with Crippen LogP contribution in [0, 0.1) is 0 Å². The van der Waals surface area contributed by atoms with E-state index in [4.69, 9.17) is 16.0 Å². The number of urea groups is 1. The summed E-state index contributed by atoms with van der Waals surface area (Å²) in [6, 6.07) is 9.75. The quantitative estimate of drug-likeness (QED) is 0.574. The summed E-state index contributed by atoms with van der Waals surface area (Å²) in [7, 11) is 0. The van der Waals surface area contributed by atoms with Gasteiger partial charge in [0.1, 0.15) is 23.9 Å². The Hall–Kier alpha value is -3.13. The molecular formula is C24H27ClN4O4. The summed E-state index contributed by atoms with van der Waals surface area (Å²) in [6.45, 7) is 3.56. The number of rotatable bonds is 8. The van der Waals surface area contributed by atoms with E-state index in [1.165, 1.54) is 5.01 Å². The van der Waals surface area contributed by atoms with Gasteiger partial charge in [0.25, 0.3) is 11.8 Å². The minimum atomic E-state index is -0.940. The normalized spacial score (nSPS) is 19.7. The molecule has 1 aromatic heterocycles. The lowest BCUT2D eigenvalue weighted by molar-refractivity contribution is -0.140. The molecule has 1 saturated heterocycles. The molecule has 4 rings (SSSR count). The van der Waals surface area contributed by atoms with Gasteiger partial charge in [0.15, 0.2) is 0 Å². The summed E-state index contributed by atoms with van der Waals surface area (Å²) in [5, 5.41) is 9.33. The van der Waals surface area contributed by atoms with Crippen molar-refractivity contribution in [2.24, 2.45) is 5.10 Å². The molecule has 0 saturated carbocycles. The van der Waals surface area contributed by atoms with Gasteiger partial charge >= 0.3 is 6.03 Å². The van der Waals surface area contributed by atoms with E-state index in [9.17, 15) is 14.4 Å². The molecule has 8 nitrogen and oxygen atoms in total. The lowest BCUT2D eigenvalue weighted by Crippen LogP contribution is -2.47. The van der Waals surface area contributed by atoms with Crippen LogP contribution in [0.4, 0.5) is 4.79 Å². The molecule has 0 radical (unpaired) electrons. The first kappa shape index (κ1) is 23.0. The number of hydrogen-bond donors (Lipinski definition) is 1. The molecule has 1 fully saturated rings. The Labute approximate surface area is 197 Å². The number of hydrazone groups is 1. The van der Waals surface area contributed by atoms with E-state index in [0.717, 1.165) is 23.3 Å². The molecule has 1 N–H and O–H groups in total. The molecule has 0 bridgehead atoms. The van der Waals surface area contributed by atoms with Crippen molar-refractivity contribution in [3.8, 4) is 0 Å². The number of nitrogens with one attached hydrogen (secondary N) is 1. The Kier molecular flexibility index (Phi) is 6.56. The molecule has 1 unspecified atom stereocenters. The monoisotopic (exact) mass is 470 g/mol. The average Bonchev–Trinajstić information content (AvgIpc) is 3.51. The van der Waals surface area contributed by atoms with Gasteiger partial charge in [-0.05, 0) is 42.7 Å². The van der Waals surface area contributed by atoms with Crippen molar-refractivity contribution in [3.63, 3.8) is 0 Å². The fourth-order valence-corrected chi connectivity index (χ4v) is 4.73. The summed E-state index contributed by atoms with van der Waals surface area (Å²) in [4.78, 5) is 40.2. The highest BCUT2D eigenvalue weighted by Crippen LogP contribution is 2.34. The standard InChI is InChI=1S/C24H27ClN4O4/c1-3-11-24(12-4-2)22(31)28(23(32)26-24)15-21(30)29-19(20-6-5-13-33-20)14-18(27-29)16-7-9-17(25)10-8-16/h5-10,13,19H,3-4,11-12,14-15H2,1-2H3,(H,26,32). The zero-order valence-corrected chi connectivity index (χ0v) is 19.5. The van der Waals surface area contributed by atoms with Gasteiger partial charge in [-0.25, -0.2) is 9.80 Å². The van der Waals surface area contributed by atoms with Crippen molar-refractivity contribution < 1.29 is 18.8 Å². The van der Waals surface area contributed by atoms with E-state index in [1.807, 2.05) is 26.0 Å². The summed E-state index contributed by atoms with van der Waals surface area (Å²) < 4.78 is 5.56. The Morgan fingerprint density at radius 2 is 1.88 bits per heavy atom. The van der Waals surface area contributed by atoms with Crippen LogP contribution in [0.5, 0.6) is 0 Å². The van der Waals surface area contributed by atoms with E-state index < -0.39 is 23.5 Å². The minimum absolute atomic E-state index is 0.347. The van der Waals surface area contributed by atoms with E-state index in [1.54, 1.807) is 30.5 Å². The van der Waals surface area contributed by atoms with E-state index in [-0.39, 0.29) is 12.5 Å². The zero-order chi connectivity index (χ0) is 23.6. The fourth-order valence-electron chi connectivity index (χ4n) is 4.60. The van der Waals surface area contributed by atoms with Gasteiger partial charge in [-0.1, -0.05) is 50.4 Å². The van der Waals surface area contributed by atoms with Crippen LogP contribution in [-0.4, -0.2) is 45.5 Å².